The van der Waals surface area contributed by atoms with Crippen LogP contribution >= 0.6 is 11.6 Å². The maximum absolute atomic E-state index is 15.1. The summed E-state index contributed by atoms with van der Waals surface area (Å²) < 4.78 is 59.7. The van der Waals surface area contributed by atoms with Gasteiger partial charge in [0.1, 0.15) is 24.1 Å². The fourth-order valence-corrected chi connectivity index (χ4v) is 4.22. The number of benzene rings is 2. The first-order valence-corrected chi connectivity index (χ1v) is 13.2. The minimum Gasteiger partial charge on any atom is -0.473 e. The molecule has 42 heavy (non-hydrogen) atoms. The van der Waals surface area contributed by atoms with Crippen molar-refractivity contribution in [1.82, 2.24) is 15.8 Å². The SMILES string of the molecule is COC(=O)C(=N[C@@H]1COCC1(C)C)NNC(=O)Cc1cc(F)c(-c2cccc(OCc3ccc(Cl)cc3F)n2)cc1F. The minimum absolute atomic E-state index is 0.0619. The van der Waals surface area contributed by atoms with Gasteiger partial charge in [0.25, 0.3) is 0 Å². The number of halogens is 4. The van der Waals surface area contributed by atoms with E-state index in [-0.39, 0.29) is 63.8 Å². The smallest absolute Gasteiger partial charge is 0.375 e. The molecule has 0 aliphatic carbocycles. The molecule has 1 atom stereocenters. The van der Waals surface area contributed by atoms with Crippen molar-refractivity contribution in [2.24, 2.45) is 10.4 Å². The number of carbonyl (C=O) groups excluding carboxylic acids is 2. The lowest BCUT2D eigenvalue weighted by Crippen LogP contribution is -2.47. The lowest BCUT2D eigenvalue weighted by Gasteiger charge is -2.21. The van der Waals surface area contributed by atoms with E-state index in [1.807, 2.05) is 13.8 Å². The Kier molecular flexibility index (Phi) is 9.69. The number of pyridine rings is 1. The van der Waals surface area contributed by atoms with E-state index in [9.17, 15) is 18.4 Å². The molecule has 2 aromatic carbocycles. The average Bonchev–Trinajstić information content (AvgIpc) is 3.29. The molecule has 1 amide bonds. The number of hydrogen-bond acceptors (Lipinski definition) is 7. The van der Waals surface area contributed by atoms with Crippen molar-refractivity contribution in [2.75, 3.05) is 20.3 Å². The number of ether oxygens (including phenoxy) is 3. The number of amides is 1. The number of esters is 1. The van der Waals surface area contributed by atoms with Gasteiger partial charge >= 0.3 is 5.97 Å². The molecular weight excluding hydrogens is 577 g/mol. The van der Waals surface area contributed by atoms with Gasteiger partial charge in [0.05, 0.1) is 38.5 Å². The van der Waals surface area contributed by atoms with Crippen LogP contribution in [0.1, 0.15) is 25.0 Å². The number of nitrogens with zero attached hydrogens (tertiary/aromatic N) is 2. The van der Waals surface area contributed by atoms with Crippen molar-refractivity contribution in [3.05, 3.63) is 82.1 Å². The van der Waals surface area contributed by atoms with Gasteiger partial charge in [-0.25, -0.2) is 22.9 Å². The summed E-state index contributed by atoms with van der Waals surface area (Å²) in [5, 5.41) is 0.241. The highest BCUT2D eigenvalue weighted by molar-refractivity contribution is 6.35. The first-order valence-electron chi connectivity index (χ1n) is 12.8. The summed E-state index contributed by atoms with van der Waals surface area (Å²) in [7, 11) is 1.16. The molecule has 222 valence electrons. The number of methoxy groups -OCH3 is 1. The summed E-state index contributed by atoms with van der Waals surface area (Å²) in [4.78, 5) is 33.2. The van der Waals surface area contributed by atoms with Crippen molar-refractivity contribution in [2.45, 2.75) is 32.9 Å². The first kappa shape index (κ1) is 30.8. The van der Waals surface area contributed by atoms with Crippen LogP contribution in [0, 0.1) is 22.9 Å². The quantitative estimate of drug-likeness (QED) is 0.176. The third-order valence-corrected chi connectivity index (χ3v) is 6.75. The average molecular weight is 605 g/mol. The molecule has 4 rings (SSSR count). The second kappa shape index (κ2) is 13.2. The number of hydrazine groups is 1. The van der Waals surface area contributed by atoms with Gasteiger partial charge in [0, 0.05) is 33.2 Å². The van der Waals surface area contributed by atoms with Crippen LogP contribution in [0.25, 0.3) is 11.3 Å². The molecule has 0 saturated carbocycles. The van der Waals surface area contributed by atoms with Gasteiger partial charge in [-0.3, -0.25) is 20.6 Å². The number of aromatic nitrogens is 1. The maximum atomic E-state index is 15.1. The second-order valence-corrected chi connectivity index (χ2v) is 10.6. The molecule has 3 aromatic rings. The Morgan fingerprint density at radius 1 is 1.07 bits per heavy atom. The molecule has 1 fully saturated rings. The number of rotatable bonds is 7. The molecule has 1 aliphatic heterocycles. The summed E-state index contributed by atoms with van der Waals surface area (Å²) in [5.74, 6) is -4.03. The van der Waals surface area contributed by atoms with Crippen LogP contribution in [0.15, 0.2) is 53.5 Å². The highest BCUT2D eigenvalue weighted by Crippen LogP contribution is 2.30. The molecule has 1 aromatic heterocycles. The van der Waals surface area contributed by atoms with Gasteiger partial charge in [-0.1, -0.05) is 37.6 Å². The standard InChI is InChI=1S/C29H28ClF3N4O5/c1-29(2)15-41-14-24(29)35-27(28(39)40-3)37-36-25(38)10-17-9-22(33)19(12-21(17)32)23-5-4-6-26(34-23)42-13-16-7-8-18(30)11-20(16)31/h4-9,11-12,24H,10,13-15H2,1-3H3,(H,35,37)(H,36,38)/t24-/m1/s1. The van der Waals surface area contributed by atoms with E-state index in [2.05, 4.69) is 20.8 Å². The van der Waals surface area contributed by atoms with Crippen molar-refractivity contribution < 1.29 is 37.0 Å². The van der Waals surface area contributed by atoms with Crippen molar-refractivity contribution in [3.63, 3.8) is 0 Å². The van der Waals surface area contributed by atoms with Crippen LogP contribution < -0.4 is 15.6 Å². The third-order valence-electron chi connectivity index (χ3n) is 6.51. The van der Waals surface area contributed by atoms with Gasteiger partial charge in [0.15, 0.2) is 0 Å². The second-order valence-electron chi connectivity index (χ2n) is 10.1. The molecule has 2 heterocycles. The molecule has 0 unspecified atom stereocenters. The minimum atomic E-state index is -0.857. The van der Waals surface area contributed by atoms with Crippen molar-refractivity contribution in [3.8, 4) is 17.1 Å². The number of carbonyl (C=O) groups is 2. The van der Waals surface area contributed by atoms with E-state index >= 15 is 4.39 Å². The van der Waals surface area contributed by atoms with E-state index in [1.54, 1.807) is 0 Å². The Bertz CT molecular complexity index is 1520. The van der Waals surface area contributed by atoms with E-state index < -0.39 is 35.7 Å². The molecule has 0 spiro atoms. The Labute approximate surface area is 245 Å². The summed E-state index contributed by atoms with van der Waals surface area (Å²) >= 11 is 5.76. The van der Waals surface area contributed by atoms with Gasteiger partial charge in [-0.2, -0.15) is 0 Å². The third kappa shape index (κ3) is 7.56. The summed E-state index contributed by atoms with van der Waals surface area (Å²) in [6.07, 6.45) is -0.550. The Hall–Kier alpha value is -4.16. The van der Waals surface area contributed by atoms with E-state index in [4.69, 9.17) is 25.8 Å². The summed E-state index contributed by atoms with van der Waals surface area (Å²) in [6.45, 7) is 4.41. The van der Waals surface area contributed by atoms with Crippen molar-refractivity contribution >= 4 is 29.3 Å². The normalized spacial score (nSPS) is 16.2. The molecule has 1 saturated heterocycles. The molecule has 0 bridgehead atoms. The number of nitrogens with one attached hydrogen (secondary N) is 2. The van der Waals surface area contributed by atoms with E-state index in [1.165, 1.54) is 30.3 Å². The van der Waals surface area contributed by atoms with Crippen LogP contribution in [-0.4, -0.2) is 49.1 Å². The fourth-order valence-electron chi connectivity index (χ4n) is 4.06. The molecule has 13 heteroatoms. The summed E-state index contributed by atoms with van der Waals surface area (Å²) in [6, 6.07) is 10.0. The van der Waals surface area contributed by atoms with Gasteiger partial charge in [0.2, 0.25) is 17.6 Å². The largest absolute Gasteiger partial charge is 0.473 e. The zero-order valence-electron chi connectivity index (χ0n) is 23.0. The fraction of sp³-hybridized carbons (Fsp3) is 0.310. The van der Waals surface area contributed by atoms with Crippen LogP contribution in [0.2, 0.25) is 5.02 Å². The lowest BCUT2D eigenvalue weighted by atomic mass is 9.88. The monoisotopic (exact) mass is 604 g/mol. The van der Waals surface area contributed by atoms with Gasteiger partial charge in [-0.15, -0.1) is 0 Å². The van der Waals surface area contributed by atoms with Crippen LogP contribution in [0.4, 0.5) is 13.2 Å². The van der Waals surface area contributed by atoms with E-state index in [0.717, 1.165) is 25.3 Å². The van der Waals surface area contributed by atoms with Crippen molar-refractivity contribution in [1.29, 1.82) is 0 Å². The Balaban J connectivity index is 1.42. The highest BCUT2D eigenvalue weighted by atomic mass is 35.5. The zero-order chi connectivity index (χ0) is 30.4. The predicted octanol–water partition coefficient (Wildman–Crippen LogP) is 4.56. The zero-order valence-corrected chi connectivity index (χ0v) is 23.7. The summed E-state index contributed by atoms with van der Waals surface area (Å²) in [5.41, 5.74) is 4.24. The lowest BCUT2D eigenvalue weighted by molar-refractivity contribution is -0.133. The van der Waals surface area contributed by atoms with Gasteiger partial charge < -0.3 is 14.2 Å². The number of amidine groups is 1. The predicted molar refractivity (Wildman–Crippen MR) is 148 cm³/mol. The molecule has 9 nitrogen and oxygen atoms in total. The molecule has 2 N–H and O–H groups in total. The number of hydrogen-bond donors (Lipinski definition) is 2. The molecule has 0 radical (unpaired) electrons. The van der Waals surface area contributed by atoms with Gasteiger partial charge in [-0.05, 0) is 30.3 Å². The first-order chi connectivity index (χ1) is 20.0. The number of aliphatic imine (C=N–C) groups is 1. The van der Waals surface area contributed by atoms with E-state index in [0.29, 0.717) is 6.61 Å². The topological polar surface area (TPSA) is 111 Å². The Morgan fingerprint density at radius 3 is 2.52 bits per heavy atom. The van der Waals surface area contributed by atoms with Crippen LogP contribution in [0.5, 0.6) is 5.88 Å². The van der Waals surface area contributed by atoms with Crippen LogP contribution in [0.3, 0.4) is 0 Å². The maximum Gasteiger partial charge on any atom is 0.375 e. The molecule has 1 aliphatic rings. The molecular formula is C29H28ClF3N4O5. The highest BCUT2D eigenvalue weighted by Gasteiger charge is 2.36. The van der Waals surface area contributed by atoms with Crippen LogP contribution in [-0.2, 0) is 32.1 Å². The Morgan fingerprint density at radius 2 is 1.83 bits per heavy atom.